The lowest BCUT2D eigenvalue weighted by Crippen LogP contribution is -1.97. The Labute approximate surface area is 124 Å². The smallest absolute Gasteiger partial charge is 0.129 e. The van der Waals surface area contributed by atoms with Crippen molar-refractivity contribution in [2.75, 3.05) is 13.7 Å². The van der Waals surface area contributed by atoms with E-state index in [9.17, 15) is 0 Å². The van der Waals surface area contributed by atoms with Crippen LogP contribution in [0.2, 0.25) is 0 Å². The van der Waals surface area contributed by atoms with Gasteiger partial charge >= 0.3 is 0 Å². The molecule has 0 bridgehead atoms. The Morgan fingerprint density at radius 3 is 2.86 bits per heavy atom. The number of methoxy groups -OCH3 is 1. The zero-order valence-electron chi connectivity index (χ0n) is 12.0. The van der Waals surface area contributed by atoms with E-state index in [-0.39, 0.29) is 6.61 Å². The van der Waals surface area contributed by atoms with Crippen LogP contribution in [-0.2, 0) is 18.0 Å². The molecule has 1 heterocycles. The fourth-order valence-electron chi connectivity index (χ4n) is 1.85. The van der Waals surface area contributed by atoms with E-state index in [1.165, 1.54) is 0 Å². The minimum atomic E-state index is 0.0717. The number of aliphatic hydroxyl groups is 1. The molecule has 0 saturated heterocycles. The molecular weight excluding hydrogens is 268 g/mol. The summed E-state index contributed by atoms with van der Waals surface area (Å²) in [6.45, 7) is 0.901. The first-order chi connectivity index (χ1) is 10.3. The molecule has 0 aliphatic carbocycles. The maximum absolute atomic E-state index is 8.74. The van der Waals surface area contributed by atoms with E-state index in [4.69, 9.17) is 19.0 Å². The second kappa shape index (κ2) is 8.15. The van der Waals surface area contributed by atoms with Crippen LogP contribution in [0.4, 0.5) is 0 Å². The molecule has 0 spiro atoms. The van der Waals surface area contributed by atoms with Crippen LogP contribution in [0.1, 0.15) is 23.3 Å². The van der Waals surface area contributed by atoms with Gasteiger partial charge in [0.15, 0.2) is 0 Å². The number of rotatable bonds is 6. The maximum atomic E-state index is 8.74. The Morgan fingerprint density at radius 1 is 1.24 bits per heavy atom. The average molecular weight is 286 g/mol. The predicted molar refractivity (Wildman–Crippen MR) is 78.8 cm³/mol. The van der Waals surface area contributed by atoms with Crippen molar-refractivity contribution in [2.24, 2.45) is 0 Å². The number of aliphatic hydroxyl groups excluding tert-OH is 1. The Kier molecular flexibility index (Phi) is 5.89. The fourth-order valence-corrected chi connectivity index (χ4v) is 1.85. The Bertz CT molecular complexity index is 605. The predicted octanol–water partition coefficient (Wildman–Crippen LogP) is 2.74. The van der Waals surface area contributed by atoms with E-state index in [0.29, 0.717) is 19.6 Å². The summed E-state index contributed by atoms with van der Waals surface area (Å²) in [6.07, 6.45) is 2.09. The molecule has 0 atom stereocenters. The third kappa shape index (κ3) is 4.67. The minimum Gasteiger partial charge on any atom is -0.496 e. The summed E-state index contributed by atoms with van der Waals surface area (Å²) in [5.74, 6) is 7.45. The van der Waals surface area contributed by atoms with Gasteiger partial charge in [0.2, 0.25) is 0 Å². The van der Waals surface area contributed by atoms with Gasteiger partial charge in [-0.15, -0.1) is 0 Å². The zero-order chi connectivity index (χ0) is 14.9. The number of furan rings is 1. The summed E-state index contributed by atoms with van der Waals surface area (Å²) in [5.41, 5.74) is 1.81. The average Bonchev–Trinajstić information content (AvgIpc) is 3.01. The number of hydrogen-bond donors (Lipinski definition) is 1. The van der Waals surface area contributed by atoms with E-state index in [1.807, 2.05) is 30.3 Å². The molecule has 4 heteroatoms. The molecule has 0 amide bonds. The van der Waals surface area contributed by atoms with Gasteiger partial charge in [0, 0.05) is 17.5 Å². The largest absolute Gasteiger partial charge is 0.496 e. The van der Waals surface area contributed by atoms with Crippen LogP contribution in [0, 0.1) is 11.8 Å². The summed E-state index contributed by atoms with van der Waals surface area (Å²) >= 11 is 0. The molecule has 0 aliphatic rings. The Hall–Kier alpha value is -2.22. The highest BCUT2D eigenvalue weighted by molar-refractivity contribution is 5.44. The first kappa shape index (κ1) is 15.2. The van der Waals surface area contributed by atoms with Crippen molar-refractivity contribution in [1.82, 2.24) is 0 Å². The van der Waals surface area contributed by atoms with Crippen molar-refractivity contribution >= 4 is 0 Å². The number of ether oxygens (including phenoxy) is 2. The monoisotopic (exact) mass is 286 g/mol. The maximum Gasteiger partial charge on any atom is 0.129 e. The SMILES string of the molecule is COc1ccc(C#CCCO)cc1COCc1ccco1. The van der Waals surface area contributed by atoms with Gasteiger partial charge in [-0.05, 0) is 30.3 Å². The molecule has 2 rings (SSSR count). The molecule has 110 valence electrons. The van der Waals surface area contributed by atoms with Crippen molar-refractivity contribution < 1.29 is 19.0 Å². The summed E-state index contributed by atoms with van der Waals surface area (Å²) in [5, 5.41) is 8.74. The van der Waals surface area contributed by atoms with E-state index >= 15 is 0 Å². The van der Waals surface area contributed by atoms with Crippen molar-refractivity contribution in [2.45, 2.75) is 19.6 Å². The lowest BCUT2D eigenvalue weighted by molar-refractivity contribution is 0.0914. The van der Waals surface area contributed by atoms with E-state index < -0.39 is 0 Å². The van der Waals surface area contributed by atoms with Crippen molar-refractivity contribution in [3.8, 4) is 17.6 Å². The zero-order valence-corrected chi connectivity index (χ0v) is 12.0. The van der Waals surface area contributed by atoms with Gasteiger partial charge in [-0.3, -0.25) is 0 Å². The molecule has 2 aromatic rings. The second-order valence-electron chi connectivity index (χ2n) is 4.37. The summed E-state index contributed by atoms with van der Waals surface area (Å²) in [7, 11) is 1.63. The summed E-state index contributed by atoms with van der Waals surface area (Å²) < 4.78 is 16.2. The molecule has 4 nitrogen and oxygen atoms in total. The van der Waals surface area contributed by atoms with Crippen LogP contribution in [0.25, 0.3) is 0 Å². The van der Waals surface area contributed by atoms with Gasteiger partial charge in [0.1, 0.15) is 18.1 Å². The summed E-state index contributed by atoms with van der Waals surface area (Å²) in [4.78, 5) is 0. The molecular formula is C17H18O4. The standard InChI is InChI=1S/C17H18O4/c1-19-17-8-7-14(5-2-3-9-18)11-15(17)12-20-13-16-6-4-10-21-16/h4,6-8,10-11,18H,3,9,12-13H2,1H3. The highest BCUT2D eigenvalue weighted by Crippen LogP contribution is 2.21. The topological polar surface area (TPSA) is 51.8 Å². The quantitative estimate of drug-likeness (QED) is 0.830. The van der Waals surface area contributed by atoms with Gasteiger partial charge in [0.05, 0.1) is 26.6 Å². The van der Waals surface area contributed by atoms with Crippen LogP contribution in [0.5, 0.6) is 5.75 Å². The van der Waals surface area contributed by atoms with Crippen molar-refractivity contribution in [1.29, 1.82) is 0 Å². The molecule has 1 N–H and O–H groups in total. The lowest BCUT2D eigenvalue weighted by Gasteiger charge is -2.09. The van der Waals surface area contributed by atoms with Gasteiger partial charge in [-0.1, -0.05) is 11.8 Å². The molecule has 1 aromatic heterocycles. The Morgan fingerprint density at radius 2 is 2.14 bits per heavy atom. The first-order valence-electron chi connectivity index (χ1n) is 6.70. The molecule has 0 saturated carbocycles. The molecule has 0 radical (unpaired) electrons. The third-order valence-corrected chi connectivity index (χ3v) is 2.83. The van der Waals surface area contributed by atoms with E-state index in [2.05, 4.69) is 11.8 Å². The molecule has 1 aromatic carbocycles. The molecule has 0 aliphatic heterocycles. The molecule has 0 fully saturated rings. The summed E-state index contributed by atoms with van der Waals surface area (Å²) in [6, 6.07) is 9.39. The highest BCUT2D eigenvalue weighted by atomic mass is 16.5. The lowest BCUT2D eigenvalue weighted by atomic mass is 10.1. The van der Waals surface area contributed by atoms with Crippen LogP contribution in [0.15, 0.2) is 41.0 Å². The van der Waals surface area contributed by atoms with Gasteiger partial charge < -0.3 is 19.0 Å². The van der Waals surface area contributed by atoms with Crippen LogP contribution >= 0.6 is 0 Å². The van der Waals surface area contributed by atoms with E-state index in [0.717, 1.165) is 22.6 Å². The van der Waals surface area contributed by atoms with E-state index in [1.54, 1.807) is 13.4 Å². The van der Waals surface area contributed by atoms with Crippen LogP contribution in [-0.4, -0.2) is 18.8 Å². The van der Waals surface area contributed by atoms with Gasteiger partial charge in [-0.2, -0.15) is 0 Å². The minimum absolute atomic E-state index is 0.0717. The third-order valence-electron chi connectivity index (χ3n) is 2.83. The van der Waals surface area contributed by atoms with Gasteiger partial charge in [0.25, 0.3) is 0 Å². The fraction of sp³-hybridized carbons (Fsp3) is 0.294. The number of benzene rings is 1. The van der Waals surface area contributed by atoms with Crippen molar-refractivity contribution in [3.63, 3.8) is 0 Å². The van der Waals surface area contributed by atoms with Crippen LogP contribution in [0.3, 0.4) is 0 Å². The van der Waals surface area contributed by atoms with Crippen molar-refractivity contribution in [3.05, 3.63) is 53.5 Å². The highest BCUT2D eigenvalue weighted by Gasteiger charge is 2.05. The first-order valence-corrected chi connectivity index (χ1v) is 6.70. The molecule has 0 unspecified atom stereocenters. The van der Waals surface area contributed by atoms with Gasteiger partial charge in [-0.25, -0.2) is 0 Å². The van der Waals surface area contributed by atoms with Crippen LogP contribution < -0.4 is 4.74 Å². The molecule has 21 heavy (non-hydrogen) atoms. The number of hydrogen-bond acceptors (Lipinski definition) is 4. The Balaban J connectivity index is 2.02. The normalized spacial score (nSPS) is 10.0. The second-order valence-corrected chi connectivity index (χ2v) is 4.37.